The molecule has 0 radical (unpaired) electrons. The second kappa shape index (κ2) is 5.75. The van der Waals surface area contributed by atoms with Crippen molar-refractivity contribution < 1.29 is 14.3 Å². The molecule has 2 aromatic rings. The Morgan fingerprint density at radius 2 is 2.06 bits per heavy atom. The van der Waals surface area contributed by atoms with Crippen molar-refractivity contribution in [2.45, 2.75) is 6.10 Å². The molecule has 0 spiro atoms. The lowest BCUT2D eigenvalue weighted by atomic mass is 10.1. The Kier molecular flexibility index (Phi) is 4.07. The van der Waals surface area contributed by atoms with E-state index in [1.807, 2.05) is 5.38 Å². The lowest BCUT2D eigenvalue weighted by Gasteiger charge is -2.11. The van der Waals surface area contributed by atoms with Crippen LogP contribution in [0.15, 0.2) is 41.1 Å². The average molecular weight is 265 g/mol. The summed E-state index contributed by atoms with van der Waals surface area (Å²) in [4.78, 5) is 11.6. The van der Waals surface area contributed by atoms with Crippen LogP contribution >= 0.6 is 11.3 Å². The molecule has 0 aliphatic heterocycles. The minimum Gasteiger partial charge on any atom is -0.387 e. The fourth-order valence-electron chi connectivity index (χ4n) is 1.49. The number of hydrogen-bond acceptors (Lipinski definition) is 3. The standard InChI is InChI=1S/C13H12FNO2S/c14-11-3-1-9(2-4-11)12(16)7-15-13(17)10-5-6-18-8-10/h1-6,8,12,16H,7H2,(H,15,17). The van der Waals surface area contributed by atoms with Crippen molar-refractivity contribution in [2.75, 3.05) is 6.54 Å². The number of hydrogen-bond donors (Lipinski definition) is 2. The SMILES string of the molecule is O=C(NCC(O)c1ccc(F)cc1)c1ccsc1. The first-order chi connectivity index (χ1) is 8.66. The third kappa shape index (κ3) is 3.15. The van der Waals surface area contributed by atoms with Gasteiger partial charge in [-0.1, -0.05) is 12.1 Å². The molecule has 0 aliphatic carbocycles. The molecule has 0 fully saturated rings. The normalized spacial score (nSPS) is 12.1. The molecule has 1 heterocycles. The van der Waals surface area contributed by atoms with Crippen molar-refractivity contribution in [3.63, 3.8) is 0 Å². The van der Waals surface area contributed by atoms with Gasteiger partial charge in [0.1, 0.15) is 5.82 Å². The summed E-state index contributed by atoms with van der Waals surface area (Å²) in [7, 11) is 0. The molecular weight excluding hydrogens is 253 g/mol. The predicted molar refractivity (Wildman–Crippen MR) is 68.0 cm³/mol. The Morgan fingerprint density at radius 1 is 1.33 bits per heavy atom. The molecular formula is C13H12FNO2S. The van der Waals surface area contributed by atoms with Crippen molar-refractivity contribution in [1.29, 1.82) is 0 Å². The zero-order chi connectivity index (χ0) is 13.0. The number of thiophene rings is 1. The van der Waals surface area contributed by atoms with Gasteiger partial charge in [0.2, 0.25) is 0 Å². The van der Waals surface area contributed by atoms with E-state index in [4.69, 9.17) is 0 Å². The molecule has 5 heteroatoms. The summed E-state index contributed by atoms with van der Waals surface area (Å²) in [5, 5.41) is 16.0. The molecule has 0 saturated heterocycles. The fourth-order valence-corrected chi connectivity index (χ4v) is 2.12. The predicted octanol–water partition coefficient (Wildman–Crippen LogP) is 2.35. The lowest BCUT2D eigenvalue weighted by Crippen LogP contribution is -2.28. The van der Waals surface area contributed by atoms with Crippen LogP contribution in [0.4, 0.5) is 4.39 Å². The molecule has 0 saturated carbocycles. The van der Waals surface area contributed by atoms with Gasteiger partial charge in [0.15, 0.2) is 0 Å². The number of benzene rings is 1. The third-order valence-electron chi connectivity index (χ3n) is 2.49. The molecule has 3 nitrogen and oxygen atoms in total. The smallest absolute Gasteiger partial charge is 0.252 e. The molecule has 1 aromatic carbocycles. The quantitative estimate of drug-likeness (QED) is 0.891. The van der Waals surface area contributed by atoms with Gasteiger partial charge >= 0.3 is 0 Å². The number of nitrogens with one attached hydrogen (secondary N) is 1. The Bertz CT molecular complexity index is 510. The first-order valence-corrected chi connectivity index (χ1v) is 6.35. The van der Waals surface area contributed by atoms with Crippen LogP contribution < -0.4 is 5.32 Å². The maximum absolute atomic E-state index is 12.7. The maximum atomic E-state index is 12.7. The highest BCUT2D eigenvalue weighted by Crippen LogP contribution is 2.13. The molecule has 2 rings (SSSR count). The van der Waals surface area contributed by atoms with Gasteiger partial charge in [-0.2, -0.15) is 11.3 Å². The first-order valence-electron chi connectivity index (χ1n) is 5.41. The molecule has 1 amide bonds. The van der Waals surface area contributed by atoms with Crippen LogP contribution in [0.3, 0.4) is 0 Å². The first kappa shape index (κ1) is 12.7. The Hall–Kier alpha value is -1.72. The topological polar surface area (TPSA) is 49.3 Å². The molecule has 1 unspecified atom stereocenters. The van der Waals surface area contributed by atoms with Crippen LogP contribution in [0.2, 0.25) is 0 Å². The van der Waals surface area contributed by atoms with Crippen LogP contribution in [-0.4, -0.2) is 17.6 Å². The van der Waals surface area contributed by atoms with Crippen molar-refractivity contribution in [3.05, 3.63) is 58.0 Å². The maximum Gasteiger partial charge on any atom is 0.252 e. The molecule has 94 valence electrons. The summed E-state index contributed by atoms with van der Waals surface area (Å²) in [6.45, 7) is 0.0975. The largest absolute Gasteiger partial charge is 0.387 e. The number of aliphatic hydroxyl groups is 1. The summed E-state index contributed by atoms with van der Waals surface area (Å²) < 4.78 is 12.7. The summed E-state index contributed by atoms with van der Waals surface area (Å²) in [5.74, 6) is -0.578. The summed E-state index contributed by atoms with van der Waals surface area (Å²) in [6, 6.07) is 7.26. The molecule has 1 atom stereocenters. The van der Waals surface area contributed by atoms with Gasteiger partial charge in [0.05, 0.1) is 6.10 Å². The number of aliphatic hydroxyl groups excluding tert-OH is 1. The van der Waals surface area contributed by atoms with E-state index in [9.17, 15) is 14.3 Å². The number of carbonyl (C=O) groups is 1. The van der Waals surface area contributed by atoms with E-state index >= 15 is 0 Å². The van der Waals surface area contributed by atoms with E-state index in [1.54, 1.807) is 11.4 Å². The van der Waals surface area contributed by atoms with Crippen LogP contribution in [0.5, 0.6) is 0 Å². The summed E-state index contributed by atoms with van der Waals surface area (Å²) in [6.07, 6.45) is -0.840. The molecule has 2 N–H and O–H groups in total. The minimum absolute atomic E-state index is 0.0975. The monoisotopic (exact) mass is 265 g/mol. The minimum atomic E-state index is -0.840. The van der Waals surface area contributed by atoms with Crippen LogP contribution in [-0.2, 0) is 0 Å². The van der Waals surface area contributed by atoms with Crippen molar-refractivity contribution in [2.24, 2.45) is 0 Å². The van der Waals surface area contributed by atoms with Crippen molar-refractivity contribution in [3.8, 4) is 0 Å². The van der Waals surface area contributed by atoms with Crippen molar-refractivity contribution in [1.82, 2.24) is 5.32 Å². The zero-order valence-electron chi connectivity index (χ0n) is 9.47. The number of rotatable bonds is 4. The highest BCUT2D eigenvalue weighted by Gasteiger charge is 2.10. The van der Waals surface area contributed by atoms with Crippen molar-refractivity contribution >= 4 is 17.2 Å². The van der Waals surface area contributed by atoms with E-state index < -0.39 is 6.10 Å². The van der Waals surface area contributed by atoms with Crippen LogP contribution in [0.1, 0.15) is 22.0 Å². The van der Waals surface area contributed by atoms with Gasteiger partial charge in [-0.15, -0.1) is 0 Å². The van der Waals surface area contributed by atoms with E-state index in [2.05, 4.69) is 5.32 Å². The Balaban J connectivity index is 1.90. The molecule has 0 bridgehead atoms. The molecule has 0 aliphatic rings. The van der Waals surface area contributed by atoms with Gasteiger partial charge in [-0.25, -0.2) is 4.39 Å². The van der Waals surface area contributed by atoms with Gasteiger partial charge in [0, 0.05) is 17.5 Å². The van der Waals surface area contributed by atoms with Gasteiger partial charge in [0.25, 0.3) is 5.91 Å². The molecule has 1 aromatic heterocycles. The van der Waals surface area contributed by atoms with E-state index in [0.29, 0.717) is 11.1 Å². The van der Waals surface area contributed by atoms with Gasteiger partial charge < -0.3 is 10.4 Å². The zero-order valence-corrected chi connectivity index (χ0v) is 10.3. The van der Waals surface area contributed by atoms with Crippen LogP contribution in [0, 0.1) is 5.82 Å². The Labute approximate surface area is 108 Å². The average Bonchev–Trinajstić information content (AvgIpc) is 2.90. The summed E-state index contributed by atoms with van der Waals surface area (Å²) >= 11 is 1.44. The second-order valence-electron chi connectivity index (χ2n) is 3.79. The summed E-state index contributed by atoms with van der Waals surface area (Å²) in [5.41, 5.74) is 1.15. The molecule has 18 heavy (non-hydrogen) atoms. The third-order valence-corrected chi connectivity index (χ3v) is 3.18. The van der Waals surface area contributed by atoms with Gasteiger partial charge in [-0.3, -0.25) is 4.79 Å². The fraction of sp³-hybridized carbons (Fsp3) is 0.154. The lowest BCUT2D eigenvalue weighted by molar-refractivity contribution is 0.0916. The van der Waals surface area contributed by atoms with E-state index in [-0.39, 0.29) is 18.3 Å². The highest BCUT2D eigenvalue weighted by atomic mass is 32.1. The highest BCUT2D eigenvalue weighted by molar-refractivity contribution is 7.08. The number of amides is 1. The van der Waals surface area contributed by atoms with E-state index in [0.717, 1.165) is 0 Å². The van der Waals surface area contributed by atoms with Crippen LogP contribution in [0.25, 0.3) is 0 Å². The van der Waals surface area contributed by atoms with E-state index in [1.165, 1.54) is 35.6 Å². The number of carbonyl (C=O) groups excluding carboxylic acids is 1. The van der Waals surface area contributed by atoms with Gasteiger partial charge in [-0.05, 0) is 29.1 Å². The Morgan fingerprint density at radius 3 is 2.67 bits per heavy atom. The second-order valence-corrected chi connectivity index (χ2v) is 4.57. The number of halogens is 1.